The van der Waals surface area contributed by atoms with Gasteiger partial charge in [0, 0.05) is 0 Å². The van der Waals surface area contributed by atoms with E-state index < -0.39 is 0 Å². The van der Waals surface area contributed by atoms with Gasteiger partial charge in [0.1, 0.15) is 0 Å². The Morgan fingerprint density at radius 1 is 1.00 bits per heavy atom. The molecular formula is C25H29Zr. The van der Waals surface area contributed by atoms with Gasteiger partial charge in [-0.1, -0.05) is 0 Å². The van der Waals surface area contributed by atoms with Crippen LogP contribution in [0.2, 0.25) is 0 Å². The Hall–Kier alpha value is -0.937. The molecule has 0 N–H and O–H groups in total. The van der Waals surface area contributed by atoms with Crippen molar-refractivity contribution in [2.24, 2.45) is 5.41 Å². The number of hydrogen-bond donors (Lipinski definition) is 0. The minimum absolute atomic E-state index is 0.589. The number of rotatable bonds is 5. The molecule has 0 heterocycles. The fraction of sp³-hybridized carbons (Fsp3) is 0.440. The third-order valence-electron chi connectivity index (χ3n) is 6.82. The molecule has 0 nitrogen and oxygen atoms in total. The molecule has 0 aromatic heterocycles. The van der Waals surface area contributed by atoms with Crippen LogP contribution < -0.4 is 0 Å². The molecule has 133 valence electrons. The molecule has 1 fully saturated rings. The van der Waals surface area contributed by atoms with Crippen molar-refractivity contribution in [3.63, 3.8) is 0 Å². The number of allylic oxidation sites excluding steroid dienone is 1. The zero-order valence-electron chi connectivity index (χ0n) is 16.1. The molecule has 4 rings (SSSR count). The summed E-state index contributed by atoms with van der Waals surface area (Å²) < 4.78 is 0.663. The van der Waals surface area contributed by atoms with Crippen LogP contribution in [0.25, 0.3) is 17.2 Å². The van der Waals surface area contributed by atoms with E-state index >= 15 is 0 Å². The molecule has 1 unspecified atom stereocenters. The second-order valence-electron chi connectivity index (χ2n) is 8.25. The molecule has 2 aromatic rings. The topological polar surface area (TPSA) is 0 Å². The van der Waals surface area contributed by atoms with E-state index in [2.05, 4.69) is 62.4 Å². The molecule has 0 amide bonds. The van der Waals surface area contributed by atoms with Crippen molar-refractivity contribution in [2.45, 2.75) is 62.4 Å². The second kappa shape index (κ2) is 7.59. The predicted octanol–water partition coefficient (Wildman–Crippen LogP) is 7.26. The Labute approximate surface area is 174 Å². The van der Waals surface area contributed by atoms with Gasteiger partial charge in [0.25, 0.3) is 0 Å². The first-order valence-corrected chi connectivity index (χ1v) is 11.7. The van der Waals surface area contributed by atoms with E-state index in [9.17, 15) is 0 Å². The summed E-state index contributed by atoms with van der Waals surface area (Å²) in [6, 6.07) is 16.1. The number of hydrogen-bond acceptors (Lipinski definition) is 0. The van der Waals surface area contributed by atoms with E-state index in [1.807, 2.05) is 0 Å². The summed E-state index contributed by atoms with van der Waals surface area (Å²) in [4.78, 5) is 0. The van der Waals surface area contributed by atoms with Crippen molar-refractivity contribution in [3.05, 3.63) is 64.7 Å². The molecule has 0 saturated heterocycles. The van der Waals surface area contributed by atoms with Crippen LogP contribution in [-0.2, 0) is 31.1 Å². The van der Waals surface area contributed by atoms with Crippen molar-refractivity contribution in [1.82, 2.24) is 0 Å². The summed E-state index contributed by atoms with van der Waals surface area (Å²) in [7, 11) is 0. The van der Waals surface area contributed by atoms with Gasteiger partial charge in [0.15, 0.2) is 0 Å². The third-order valence-corrected chi connectivity index (χ3v) is 8.49. The van der Waals surface area contributed by atoms with Gasteiger partial charge in [-0.05, 0) is 0 Å². The zero-order chi connectivity index (χ0) is 18.1. The molecule has 1 atom stereocenters. The number of benzene rings is 2. The van der Waals surface area contributed by atoms with E-state index in [0.29, 0.717) is 9.04 Å². The van der Waals surface area contributed by atoms with Crippen molar-refractivity contribution >= 4 is 6.08 Å². The van der Waals surface area contributed by atoms with Gasteiger partial charge in [0.2, 0.25) is 0 Å². The Bertz CT molecular complexity index is 807. The molecule has 1 saturated carbocycles. The molecule has 2 aliphatic carbocycles. The van der Waals surface area contributed by atoms with E-state index in [1.54, 1.807) is 35.9 Å². The normalized spacial score (nSPS) is 20.8. The summed E-state index contributed by atoms with van der Waals surface area (Å²) in [6.07, 6.45) is 12.1. The first-order valence-electron chi connectivity index (χ1n) is 10.3. The molecule has 26 heavy (non-hydrogen) atoms. The monoisotopic (exact) mass is 419 g/mol. The van der Waals surface area contributed by atoms with Gasteiger partial charge in [-0.2, -0.15) is 0 Å². The van der Waals surface area contributed by atoms with Crippen molar-refractivity contribution in [1.29, 1.82) is 0 Å². The van der Waals surface area contributed by atoms with Crippen LogP contribution in [0.5, 0.6) is 0 Å². The van der Waals surface area contributed by atoms with Gasteiger partial charge < -0.3 is 0 Å². The summed E-state index contributed by atoms with van der Waals surface area (Å²) in [5.41, 5.74) is 9.57. The van der Waals surface area contributed by atoms with Crippen LogP contribution in [0.3, 0.4) is 0 Å². The minimum atomic E-state index is 0.589. The van der Waals surface area contributed by atoms with E-state index in [4.69, 9.17) is 0 Å². The SMILES string of the molecule is CCc1ccc(-c2cccc3c2C=C(CC2(CC)CCCC2)[CH]3[Zr])cc1. The Balaban J connectivity index is 1.69. The first kappa shape index (κ1) is 18.4. The Kier molecular flexibility index (Phi) is 5.38. The molecule has 0 radical (unpaired) electrons. The molecule has 0 bridgehead atoms. The van der Waals surface area contributed by atoms with Crippen LogP contribution >= 0.6 is 0 Å². The maximum absolute atomic E-state index is 2.56. The van der Waals surface area contributed by atoms with Gasteiger partial charge in [-0.15, -0.1) is 0 Å². The molecule has 0 spiro atoms. The first-order chi connectivity index (χ1) is 12.7. The molecule has 2 aromatic carbocycles. The zero-order valence-corrected chi connectivity index (χ0v) is 18.6. The maximum atomic E-state index is 2.56. The fourth-order valence-electron chi connectivity index (χ4n) is 5.00. The van der Waals surface area contributed by atoms with Gasteiger partial charge in [-0.25, -0.2) is 0 Å². The Morgan fingerprint density at radius 2 is 1.73 bits per heavy atom. The van der Waals surface area contributed by atoms with Gasteiger partial charge in [-0.3, -0.25) is 0 Å². The number of aryl methyl sites for hydroxylation is 1. The summed E-state index contributed by atoms with van der Waals surface area (Å²) >= 11 is 1.64. The quantitative estimate of drug-likeness (QED) is 0.477. The van der Waals surface area contributed by atoms with Crippen molar-refractivity contribution < 1.29 is 24.7 Å². The molecule has 1 heteroatoms. The average molecular weight is 421 g/mol. The van der Waals surface area contributed by atoms with Crippen LogP contribution in [0.15, 0.2) is 48.0 Å². The van der Waals surface area contributed by atoms with Crippen molar-refractivity contribution in [3.8, 4) is 11.1 Å². The van der Waals surface area contributed by atoms with Crippen LogP contribution in [0, 0.1) is 5.41 Å². The molecule has 2 aliphatic rings. The van der Waals surface area contributed by atoms with Gasteiger partial charge >= 0.3 is 174 Å². The summed E-state index contributed by atoms with van der Waals surface area (Å²) in [6.45, 7) is 4.63. The van der Waals surface area contributed by atoms with Crippen molar-refractivity contribution in [2.75, 3.05) is 0 Å². The van der Waals surface area contributed by atoms with E-state index in [0.717, 1.165) is 6.42 Å². The van der Waals surface area contributed by atoms with Gasteiger partial charge in [0.05, 0.1) is 0 Å². The van der Waals surface area contributed by atoms with E-state index in [1.165, 1.54) is 60.8 Å². The predicted molar refractivity (Wildman–Crippen MR) is 108 cm³/mol. The third kappa shape index (κ3) is 3.33. The van der Waals surface area contributed by atoms with Crippen LogP contribution in [0.4, 0.5) is 0 Å². The number of fused-ring (bicyclic) bond motifs is 1. The van der Waals surface area contributed by atoms with Crippen LogP contribution in [-0.4, -0.2) is 0 Å². The summed E-state index contributed by atoms with van der Waals surface area (Å²) in [5, 5.41) is 0. The second-order valence-corrected chi connectivity index (χ2v) is 9.67. The Morgan fingerprint density at radius 3 is 2.38 bits per heavy atom. The summed E-state index contributed by atoms with van der Waals surface area (Å²) in [5.74, 6) is 0. The molecular weight excluding hydrogens is 391 g/mol. The standard InChI is InChI=1S/C25H29.Zr/c1-3-19-10-12-21(13-11-19)23-9-7-8-22-16-20(17-24(22)23)18-25(4-2)14-5-6-15-25;/h7-13,16-17H,3-6,14-15,18H2,1-2H3;. The van der Waals surface area contributed by atoms with E-state index in [-0.39, 0.29) is 0 Å². The fourth-order valence-corrected chi connectivity index (χ4v) is 6.08. The van der Waals surface area contributed by atoms with Crippen LogP contribution in [0.1, 0.15) is 72.7 Å². The molecule has 0 aliphatic heterocycles. The average Bonchev–Trinajstić information content (AvgIpc) is 3.28.